The highest BCUT2D eigenvalue weighted by Gasteiger charge is 2.00. The van der Waals surface area contributed by atoms with E-state index in [-0.39, 0.29) is 0 Å². The Kier molecular flexibility index (Phi) is 3.31. The van der Waals surface area contributed by atoms with E-state index in [0.29, 0.717) is 6.54 Å². The molecule has 13 heavy (non-hydrogen) atoms. The highest BCUT2D eigenvalue weighted by atomic mass is 16.5. The Hall–Kier alpha value is -1.51. The lowest BCUT2D eigenvalue weighted by atomic mass is 10.2. The summed E-state index contributed by atoms with van der Waals surface area (Å²) in [6.45, 7) is 5.33. The number of hydrogen-bond acceptors (Lipinski definition) is 2. The Balaban J connectivity index is 2.69. The van der Waals surface area contributed by atoms with Crippen LogP contribution in [-0.2, 0) is 11.3 Å². The summed E-state index contributed by atoms with van der Waals surface area (Å²) in [7, 11) is 1.59. The molecule has 0 bridgehead atoms. The molecular formula is C10H11NO2. The van der Waals surface area contributed by atoms with E-state index in [1.807, 2.05) is 24.3 Å². The van der Waals surface area contributed by atoms with Gasteiger partial charge in [0.15, 0.2) is 0 Å². The van der Waals surface area contributed by atoms with E-state index < -0.39 is 5.91 Å². The molecule has 3 heteroatoms. The summed E-state index contributed by atoms with van der Waals surface area (Å²) in [6, 6.07) is 7.44. The van der Waals surface area contributed by atoms with Gasteiger partial charge in [0.25, 0.3) is 0 Å². The quantitative estimate of drug-likeness (QED) is 0.748. The summed E-state index contributed by atoms with van der Waals surface area (Å²) in [5.74, 6) is 0.210. The average Bonchev–Trinajstić information content (AvgIpc) is 2.15. The van der Waals surface area contributed by atoms with Gasteiger partial charge in [-0.2, -0.15) is 0 Å². The Morgan fingerprint density at radius 3 is 2.85 bits per heavy atom. The fourth-order valence-corrected chi connectivity index (χ4v) is 1.03. The van der Waals surface area contributed by atoms with Gasteiger partial charge in [0.2, 0.25) is 5.91 Å². The van der Waals surface area contributed by atoms with Crippen LogP contribution in [0.5, 0.6) is 5.75 Å². The zero-order valence-electron chi connectivity index (χ0n) is 7.41. The first-order valence-corrected chi connectivity index (χ1v) is 3.89. The van der Waals surface area contributed by atoms with Crippen molar-refractivity contribution in [3.05, 3.63) is 36.8 Å². The van der Waals surface area contributed by atoms with Crippen molar-refractivity contribution in [3.63, 3.8) is 0 Å². The van der Waals surface area contributed by atoms with Crippen LogP contribution in [-0.4, -0.2) is 13.0 Å². The van der Waals surface area contributed by atoms with Crippen LogP contribution in [0.1, 0.15) is 5.56 Å². The molecule has 1 aromatic rings. The maximum atomic E-state index is 10.4. The van der Waals surface area contributed by atoms with E-state index >= 15 is 0 Å². The number of amides is 1. The Labute approximate surface area is 77.7 Å². The van der Waals surface area contributed by atoms with E-state index in [1.54, 1.807) is 7.11 Å². The van der Waals surface area contributed by atoms with E-state index in [0.717, 1.165) is 11.3 Å². The number of rotatable bonds is 3. The van der Waals surface area contributed by atoms with Crippen molar-refractivity contribution >= 4 is 5.91 Å². The molecule has 0 aliphatic rings. The highest BCUT2D eigenvalue weighted by molar-refractivity contribution is 5.80. The molecule has 2 radical (unpaired) electrons. The number of ether oxygens (including phenoxy) is 1. The van der Waals surface area contributed by atoms with Crippen molar-refractivity contribution in [2.45, 2.75) is 6.54 Å². The Morgan fingerprint density at radius 1 is 1.54 bits per heavy atom. The number of nitrogens with one attached hydrogen (secondary N) is 1. The summed E-state index contributed by atoms with van der Waals surface area (Å²) < 4.78 is 5.09. The van der Waals surface area contributed by atoms with Gasteiger partial charge >= 0.3 is 0 Å². The summed E-state index contributed by atoms with van der Waals surface area (Å²) >= 11 is 0. The summed E-state index contributed by atoms with van der Waals surface area (Å²) in [6.07, 6.45) is 0. The molecule has 0 aromatic heterocycles. The summed E-state index contributed by atoms with van der Waals surface area (Å²) in [4.78, 5) is 10.4. The van der Waals surface area contributed by atoms with Crippen molar-refractivity contribution in [1.82, 2.24) is 5.32 Å². The van der Waals surface area contributed by atoms with Gasteiger partial charge in [-0.25, -0.2) is 0 Å². The predicted molar refractivity (Wildman–Crippen MR) is 49.1 cm³/mol. The molecule has 1 N–H and O–H groups in total. The molecule has 0 saturated carbocycles. The molecule has 0 aliphatic carbocycles. The lowest BCUT2D eigenvalue weighted by molar-refractivity contribution is -0.116. The maximum absolute atomic E-state index is 10.4. The lowest BCUT2D eigenvalue weighted by Gasteiger charge is -2.07. The normalized spacial score (nSPS) is 9.38. The molecule has 68 valence electrons. The van der Waals surface area contributed by atoms with Crippen LogP contribution in [0.4, 0.5) is 0 Å². The molecule has 0 atom stereocenters. The second-order valence-corrected chi connectivity index (χ2v) is 2.53. The van der Waals surface area contributed by atoms with Crippen molar-refractivity contribution in [2.75, 3.05) is 7.11 Å². The number of hydrogen-bond donors (Lipinski definition) is 1. The van der Waals surface area contributed by atoms with Gasteiger partial charge in [-0.3, -0.25) is 4.79 Å². The Morgan fingerprint density at radius 2 is 2.23 bits per heavy atom. The zero-order valence-corrected chi connectivity index (χ0v) is 7.41. The van der Waals surface area contributed by atoms with Crippen LogP contribution >= 0.6 is 0 Å². The van der Waals surface area contributed by atoms with Crippen molar-refractivity contribution in [2.24, 2.45) is 0 Å². The minimum Gasteiger partial charge on any atom is -0.496 e. The minimum absolute atomic E-state index is 0.388. The Bertz CT molecular complexity index is 297. The zero-order chi connectivity index (χ0) is 9.68. The molecular weight excluding hydrogens is 166 g/mol. The predicted octanol–water partition coefficient (Wildman–Crippen LogP) is 1.02. The second-order valence-electron chi connectivity index (χ2n) is 2.53. The number of benzene rings is 1. The summed E-state index contributed by atoms with van der Waals surface area (Å²) in [5, 5.41) is 2.50. The van der Waals surface area contributed by atoms with Gasteiger partial charge in [-0.05, 0) is 6.07 Å². The smallest absolute Gasteiger partial charge is 0.225 e. The lowest BCUT2D eigenvalue weighted by Crippen LogP contribution is -2.19. The number of para-hydroxylation sites is 1. The van der Waals surface area contributed by atoms with Gasteiger partial charge < -0.3 is 10.1 Å². The van der Waals surface area contributed by atoms with Crippen LogP contribution in [0.2, 0.25) is 0 Å². The standard InChI is InChI=1S/C10H11NO2/c1-8(12)11-7-9-5-3-4-6-10(9)13-2/h1,3-6H,7H2,2H3,(H,11,12). The number of carbonyl (C=O) groups is 1. The number of methoxy groups -OCH3 is 1. The van der Waals surface area contributed by atoms with Crippen molar-refractivity contribution in [3.8, 4) is 5.75 Å². The van der Waals surface area contributed by atoms with Gasteiger partial charge in [-0.15, -0.1) is 0 Å². The third-order valence-corrected chi connectivity index (χ3v) is 1.65. The molecule has 0 unspecified atom stereocenters. The first-order chi connectivity index (χ1) is 6.24. The molecule has 0 aliphatic heterocycles. The topological polar surface area (TPSA) is 38.3 Å². The molecule has 0 heterocycles. The van der Waals surface area contributed by atoms with Gasteiger partial charge in [0, 0.05) is 12.1 Å². The monoisotopic (exact) mass is 177 g/mol. The summed E-state index contributed by atoms with van der Waals surface area (Å²) in [5.41, 5.74) is 0.906. The van der Waals surface area contributed by atoms with Crippen LogP contribution < -0.4 is 10.1 Å². The van der Waals surface area contributed by atoms with Crippen LogP contribution in [0.15, 0.2) is 24.3 Å². The van der Waals surface area contributed by atoms with Crippen LogP contribution in [0, 0.1) is 6.92 Å². The fraction of sp³-hybridized carbons (Fsp3) is 0.200. The average molecular weight is 177 g/mol. The molecule has 0 saturated heterocycles. The second kappa shape index (κ2) is 4.50. The first kappa shape index (κ1) is 9.58. The molecule has 1 rings (SSSR count). The molecule has 0 spiro atoms. The minimum atomic E-state index is -0.536. The maximum Gasteiger partial charge on any atom is 0.225 e. The van der Waals surface area contributed by atoms with E-state index in [1.165, 1.54) is 0 Å². The van der Waals surface area contributed by atoms with E-state index in [4.69, 9.17) is 11.7 Å². The first-order valence-electron chi connectivity index (χ1n) is 3.89. The third kappa shape index (κ3) is 2.78. The third-order valence-electron chi connectivity index (χ3n) is 1.65. The van der Waals surface area contributed by atoms with Crippen molar-refractivity contribution < 1.29 is 9.53 Å². The largest absolute Gasteiger partial charge is 0.496 e. The number of carbonyl (C=O) groups excluding carboxylic acids is 1. The van der Waals surface area contributed by atoms with Crippen LogP contribution in [0.3, 0.4) is 0 Å². The molecule has 1 amide bonds. The van der Waals surface area contributed by atoms with Gasteiger partial charge in [-0.1, -0.05) is 18.2 Å². The highest BCUT2D eigenvalue weighted by Crippen LogP contribution is 2.16. The fourth-order valence-electron chi connectivity index (χ4n) is 1.03. The van der Waals surface area contributed by atoms with E-state index in [9.17, 15) is 4.79 Å². The molecule has 1 aromatic carbocycles. The van der Waals surface area contributed by atoms with E-state index in [2.05, 4.69) is 5.32 Å². The van der Waals surface area contributed by atoms with Crippen LogP contribution in [0.25, 0.3) is 0 Å². The van der Waals surface area contributed by atoms with Gasteiger partial charge in [0.05, 0.1) is 14.0 Å². The SMILES string of the molecule is [CH]C(=O)NCc1ccccc1OC. The van der Waals surface area contributed by atoms with Crippen molar-refractivity contribution in [1.29, 1.82) is 0 Å². The van der Waals surface area contributed by atoms with Gasteiger partial charge in [0.1, 0.15) is 5.75 Å². The molecule has 0 fully saturated rings. The molecule has 3 nitrogen and oxygen atoms in total.